The van der Waals surface area contributed by atoms with Gasteiger partial charge in [-0.3, -0.25) is 14.9 Å². The first-order valence-corrected chi connectivity index (χ1v) is 6.40. The molecule has 1 aromatic carbocycles. The molecule has 0 bridgehead atoms. The van der Waals surface area contributed by atoms with Crippen molar-refractivity contribution < 1.29 is 14.8 Å². The van der Waals surface area contributed by atoms with E-state index in [1.807, 2.05) is 0 Å². The van der Waals surface area contributed by atoms with Gasteiger partial charge >= 0.3 is 0 Å². The Kier molecular flexibility index (Phi) is 3.89. The standard InChI is InChI=1S/C13H17N3O4/c14-12(18)9-1-2-10(11(7-9)16(19)20)15-8-13(3-4-13)5-6-17/h1-2,7,15,17H,3-6,8H2,(H2,14,18). The largest absolute Gasteiger partial charge is 0.396 e. The lowest BCUT2D eigenvalue weighted by Crippen LogP contribution is -2.18. The number of nitrogens with two attached hydrogens (primary N) is 1. The van der Waals surface area contributed by atoms with E-state index in [2.05, 4.69) is 5.32 Å². The number of primary amides is 1. The Morgan fingerprint density at radius 3 is 2.70 bits per heavy atom. The molecule has 7 nitrogen and oxygen atoms in total. The molecule has 0 saturated heterocycles. The highest BCUT2D eigenvalue weighted by Gasteiger charge is 2.41. The van der Waals surface area contributed by atoms with Crippen molar-refractivity contribution in [3.8, 4) is 0 Å². The van der Waals surface area contributed by atoms with Crippen LogP contribution >= 0.6 is 0 Å². The number of hydrogen-bond donors (Lipinski definition) is 3. The first-order chi connectivity index (χ1) is 9.47. The monoisotopic (exact) mass is 279 g/mol. The molecule has 1 fully saturated rings. The molecule has 1 aliphatic carbocycles. The van der Waals surface area contributed by atoms with Crippen LogP contribution in [0.4, 0.5) is 11.4 Å². The van der Waals surface area contributed by atoms with Crippen LogP contribution in [-0.2, 0) is 0 Å². The number of carbonyl (C=O) groups excluding carboxylic acids is 1. The topological polar surface area (TPSA) is 118 Å². The number of benzene rings is 1. The van der Waals surface area contributed by atoms with E-state index in [1.165, 1.54) is 18.2 Å². The molecule has 108 valence electrons. The average molecular weight is 279 g/mol. The second-order valence-electron chi connectivity index (χ2n) is 5.18. The highest BCUT2D eigenvalue weighted by atomic mass is 16.6. The minimum absolute atomic E-state index is 0.0466. The number of aliphatic hydroxyl groups excluding tert-OH is 1. The SMILES string of the molecule is NC(=O)c1ccc(NCC2(CCO)CC2)c([N+](=O)[O-])c1. The van der Waals surface area contributed by atoms with Gasteiger partial charge in [0.1, 0.15) is 5.69 Å². The predicted octanol–water partition coefficient (Wildman–Crippen LogP) is 1.27. The van der Waals surface area contributed by atoms with Crippen LogP contribution in [0.1, 0.15) is 29.6 Å². The maximum absolute atomic E-state index is 11.1. The lowest BCUT2D eigenvalue weighted by atomic mass is 10.0. The van der Waals surface area contributed by atoms with Crippen molar-refractivity contribution in [3.05, 3.63) is 33.9 Å². The molecule has 1 aromatic rings. The fraction of sp³-hybridized carbons (Fsp3) is 0.462. The van der Waals surface area contributed by atoms with Crippen molar-refractivity contribution in [3.63, 3.8) is 0 Å². The fourth-order valence-electron chi connectivity index (χ4n) is 2.20. The van der Waals surface area contributed by atoms with E-state index in [9.17, 15) is 14.9 Å². The number of rotatable bonds is 7. The second kappa shape index (κ2) is 5.46. The summed E-state index contributed by atoms with van der Waals surface area (Å²) in [5, 5.41) is 23.1. The summed E-state index contributed by atoms with van der Waals surface area (Å²) in [7, 11) is 0. The van der Waals surface area contributed by atoms with Gasteiger partial charge in [0.25, 0.3) is 5.69 Å². The molecule has 0 unspecified atom stereocenters. The Labute approximate surface area is 115 Å². The number of nitrogens with zero attached hydrogens (tertiary/aromatic N) is 1. The molecule has 0 aromatic heterocycles. The van der Waals surface area contributed by atoms with E-state index >= 15 is 0 Å². The Hall–Kier alpha value is -2.15. The van der Waals surface area contributed by atoms with Gasteiger partial charge in [-0.15, -0.1) is 0 Å². The summed E-state index contributed by atoms with van der Waals surface area (Å²) < 4.78 is 0. The molecular formula is C13H17N3O4. The van der Waals surface area contributed by atoms with E-state index in [-0.39, 0.29) is 23.3 Å². The minimum Gasteiger partial charge on any atom is -0.396 e. The number of amides is 1. The van der Waals surface area contributed by atoms with Crippen LogP contribution in [0.3, 0.4) is 0 Å². The van der Waals surface area contributed by atoms with Crippen LogP contribution < -0.4 is 11.1 Å². The molecule has 0 radical (unpaired) electrons. The summed E-state index contributed by atoms with van der Waals surface area (Å²) in [6.45, 7) is 0.689. The molecule has 1 amide bonds. The van der Waals surface area contributed by atoms with Crippen LogP contribution in [0.2, 0.25) is 0 Å². The maximum Gasteiger partial charge on any atom is 0.293 e. The third kappa shape index (κ3) is 3.05. The van der Waals surface area contributed by atoms with E-state index in [0.29, 0.717) is 18.7 Å². The number of anilines is 1. The van der Waals surface area contributed by atoms with Crippen molar-refractivity contribution in [2.45, 2.75) is 19.3 Å². The van der Waals surface area contributed by atoms with Crippen molar-refractivity contribution >= 4 is 17.3 Å². The highest BCUT2D eigenvalue weighted by Crippen LogP contribution is 2.48. The Morgan fingerprint density at radius 1 is 1.50 bits per heavy atom. The molecule has 1 aliphatic rings. The number of nitro benzene ring substituents is 1. The summed E-state index contributed by atoms with van der Waals surface area (Å²) in [5.74, 6) is -0.696. The van der Waals surface area contributed by atoms with Crippen LogP contribution in [0, 0.1) is 15.5 Å². The van der Waals surface area contributed by atoms with Gasteiger partial charge in [0, 0.05) is 24.8 Å². The molecule has 0 spiro atoms. The Balaban J connectivity index is 2.15. The van der Waals surface area contributed by atoms with Crippen LogP contribution in [0.5, 0.6) is 0 Å². The number of nitrogens with one attached hydrogen (secondary N) is 1. The third-order valence-corrected chi connectivity index (χ3v) is 3.73. The Bertz CT molecular complexity index is 540. The molecule has 0 atom stereocenters. The van der Waals surface area contributed by atoms with Crippen LogP contribution in [0.15, 0.2) is 18.2 Å². The van der Waals surface area contributed by atoms with Crippen molar-refractivity contribution in [1.82, 2.24) is 0 Å². The van der Waals surface area contributed by atoms with Crippen molar-refractivity contribution in [2.75, 3.05) is 18.5 Å². The van der Waals surface area contributed by atoms with Gasteiger partial charge in [0.2, 0.25) is 5.91 Å². The van der Waals surface area contributed by atoms with Gasteiger partial charge in [-0.25, -0.2) is 0 Å². The summed E-state index contributed by atoms with van der Waals surface area (Å²) in [6, 6.07) is 4.13. The van der Waals surface area contributed by atoms with Gasteiger partial charge in [-0.2, -0.15) is 0 Å². The summed E-state index contributed by atoms with van der Waals surface area (Å²) >= 11 is 0. The van der Waals surface area contributed by atoms with Crippen molar-refractivity contribution in [1.29, 1.82) is 0 Å². The molecule has 0 aliphatic heterocycles. The van der Waals surface area contributed by atoms with E-state index in [1.54, 1.807) is 0 Å². The quantitative estimate of drug-likeness (QED) is 0.513. The third-order valence-electron chi connectivity index (χ3n) is 3.73. The predicted molar refractivity (Wildman–Crippen MR) is 73.5 cm³/mol. The van der Waals surface area contributed by atoms with Crippen LogP contribution in [-0.4, -0.2) is 29.1 Å². The van der Waals surface area contributed by atoms with E-state index in [4.69, 9.17) is 10.8 Å². The smallest absolute Gasteiger partial charge is 0.293 e. The zero-order valence-electron chi connectivity index (χ0n) is 11.0. The lowest BCUT2D eigenvalue weighted by molar-refractivity contribution is -0.384. The zero-order chi connectivity index (χ0) is 14.8. The van der Waals surface area contributed by atoms with E-state index in [0.717, 1.165) is 12.8 Å². The Morgan fingerprint density at radius 2 is 2.20 bits per heavy atom. The zero-order valence-corrected chi connectivity index (χ0v) is 11.0. The molecule has 7 heteroatoms. The van der Waals surface area contributed by atoms with E-state index < -0.39 is 10.8 Å². The fourth-order valence-corrected chi connectivity index (χ4v) is 2.20. The van der Waals surface area contributed by atoms with Gasteiger partial charge < -0.3 is 16.2 Å². The first-order valence-electron chi connectivity index (χ1n) is 6.40. The maximum atomic E-state index is 11.1. The normalized spacial score (nSPS) is 15.7. The first kappa shape index (κ1) is 14.3. The molecule has 20 heavy (non-hydrogen) atoms. The van der Waals surface area contributed by atoms with Gasteiger partial charge in [0.05, 0.1) is 4.92 Å². The summed E-state index contributed by atoms with van der Waals surface area (Å²) in [5.41, 5.74) is 5.47. The number of aliphatic hydroxyl groups is 1. The molecule has 0 heterocycles. The van der Waals surface area contributed by atoms with Crippen LogP contribution in [0.25, 0.3) is 0 Å². The van der Waals surface area contributed by atoms with Gasteiger partial charge in [-0.05, 0) is 36.8 Å². The minimum atomic E-state index is -0.696. The van der Waals surface area contributed by atoms with Gasteiger partial charge in [0.15, 0.2) is 0 Å². The molecular weight excluding hydrogens is 262 g/mol. The summed E-state index contributed by atoms with van der Waals surface area (Å²) in [6.07, 6.45) is 2.70. The number of nitro groups is 1. The number of hydrogen-bond acceptors (Lipinski definition) is 5. The van der Waals surface area contributed by atoms with Crippen molar-refractivity contribution in [2.24, 2.45) is 11.1 Å². The highest BCUT2D eigenvalue weighted by molar-refractivity contribution is 5.94. The molecule has 2 rings (SSSR count). The molecule has 4 N–H and O–H groups in total. The number of carbonyl (C=O) groups is 1. The summed E-state index contributed by atoms with van der Waals surface area (Å²) in [4.78, 5) is 21.5. The molecule has 1 saturated carbocycles. The second-order valence-corrected chi connectivity index (χ2v) is 5.18. The average Bonchev–Trinajstić information content (AvgIpc) is 3.16. The lowest BCUT2D eigenvalue weighted by Gasteiger charge is -2.15. The van der Waals surface area contributed by atoms with Gasteiger partial charge in [-0.1, -0.05) is 0 Å².